The second-order valence-electron chi connectivity index (χ2n) is 5.30. The molecule has 2 rings (SSSR count). The predicted molar refractivity (Wildman–Crippen MR) is 76.2 cm³/mol. The van der Waals surface area contributed by atoms with E-state index in [2.05, 4.69) is 41.1 Å². The van der Waals surface area contributed by atoms with Crippen LogP contribution in [-0.2, 0) is 0 Å². The average molecular weight is 248 g/mol. The molecule has 0 unspecified atom stereocenters. The molecule has 18 heavy (non-hydrogen) atoms. The van der Waals surface area contributed by atoms with Crippen LogP contribution in [0.5, 0.6) is 0 Å². The van der Waals surface area contributed by atoms with E-state index in [0.29, 0.717) is 0 Å². The molecule has 0 radical (unpaired) electrons. The van der Waals surface area contributed by atoms with Crippen molar-refractivity contribution in [2.75, 3.05) is 30.4 Å². The summed E-state index contributed by atoms with van der Waals surface area (Å²) in [6.07, 6.45) is 7.14. The van der Waals surface area contributed by atoms with Crippen LogP contribution in [0, 0.1) is 12.8 Å². The van der Waals surface area contributed by atoms with Crippen LogP contribution in [0.2, 0.25) is 0 Å². The summed E-state index contributed by atoms with van der Waals surface area (Å²) < 4.78 is 0. The summed E-state index contributed by atoms with van der Waals surface area (Å²) in [5, 5.41) is 3.25. The fraction of sp³-hybridized carbons (Fsp3) is 0.714. The van der Waals surface area contributed by atoms with Gasteiger partial charge in [0.25, 0.3) is 0 Å². The third kappa shape index (κ3) is 3.12. The fourth-order valence-electron chi connectivity index (χ4n) is 2.29. The van der Waals surface area contributed by atoms with Crippen LogP contribution in [0.1, 0.15) is 38.2 Å². The zero-order valence-electron chi connectivity index (χ0n) is 11.7. The molecule has 100 valence electrons. The van der Waals surface area contributed by atoms with Crippen molar-refractivity contribution in [3.63, 3.8) is 0 Å². The quantitative estimate of drug-likeness (QED) is 0.840. The van der Waals surface area contributed by atoms with Crippen molar-refractivity contribution in [1.82, 2.24) is 9.97 Å². The molecule has 1 aliphatic carbocycles. The first-order valence-corrected chi connectivity index (χ1v) is 6.99. The molecule has 4 heteroatoms. The lowest BCUT2D eigenvalue weighted by molar-refractivity contribution is 0.321. The molecule has 1 aromatic rings. The molecular formula is C14H24N4. The minimum absolute atomic E-state index is 0.748. The molecule has 0 atom stereocenters. The van der Waals surface area contributed by atoms with Gasteiger partial charge in [0, 0.05) is 31.9 Å². The molecule has 0 amide bonds. The summed E-state index contributed by atoms with van der Waals surface area (Å²) in [5.74, 6) is 2.67. The number of hydrogen-bond acceptors (Lipinski definition) is 4. The number of nitrogens with one attached hydrogen (secondary N) is 1. The number of nitrogens with zero attached hydrogens (tertiary/aromatic N) is 3. The minimum Gasteiger partial charge on any atom is -0.359 e. The fourth-order valence-corrected chi connectivity index (χ4v) is 2.29. The van der Waals surface area contributed by atoms with E-state index >= 15 is 0 Å². The monoisotopic (exact) mass is 248 g/mol. The lowest BCUT2D eigenvalue weighted by Crippen LogP contribution is -2.30. The van der Waals surface area contributed by atoms with Crippen LogP contribution < -0.4 is 10.2 Å². The number of anilines is 2. The van der Waals surface area contributed by atoms with Gasteiger partial charge in [0.05, 0.1) is 0 Å². The Balaban J connectivity index is 2.04. The summed E-state index contributed by atoms with van der Waals surface area (Å²) >= 11 is 0. The van der Waals surface area contributed by atoms with Crippen molar-refractivity contribution < 1.29 is 0 Å². The van der Waals surface area contributed by atoms with Crippen LogP contribution in [0.15, 0.2) is 6.20 Å². The maximum Gasteiger partial charge on any atom is 0.224 e. The summed E-state index contributed by atoms with van der Waals surface area (Å²) in [6.45, 7) is 6.26. The number of aromatic nitrogens is 2. The first-order valence-electron chi connectivity index (χ1n) is 6.99. The average Bonchev–Trinajstić information content (AvgIpc) is 2.32. The third-order valence-electron chi connectivity index (χ3n) is 3.60. The van der Waals surface area contributed by atoms with Gasteiger partial charge in [-0.25, -0.2) is 4.98 Å². The Hall–Kier alpha value is -1.32. The van der Waals surface area contributed by atoms with Crippen molar-refractivity contribution in [2.45, 2.75) is 39.5 Å². The maximum absolute atomic E-state index is 4.62. The standard InChI is InChI=1S/C14H24N4/c1-4-8-15-14-16-9-11(2)13(17-14)18(3)10-12-6-5-7-12/h9,12H,4-8,10H2,1-3H3,(H,15,16,17). The Morgan fingerprint density at radius 1 is 1.44 bits per heavy atom. The zero-order chi connectivity index (χ0) is 13.0. The van der Waals surface area contributed by atoms with Gasteiger partial charge in [0.1, 0.15) is 5.82 Å². The van der Waals surface area contributed by atoms with E-state index in [0.717, 1.165) is 42.8 Å². The molecule has 1 heterocycles. The van der Waals surface area contributed by atoms with Crippen LogP contribution in [-0.4, -0.2) is 30.1 Å². The molecule has 1 aliphatic rings. The van der Waals surface area contributed by atoms with Gasteiger partial charge in [-0.2, -0.15) is 4.98 Å². The van der Waals surface area contributed by atoms with Gasteiger partial charge in [-0.15, -0.1) is 0 Å². The summed E-state index contributed by atoms with van der Waals surface area (Å²) in [5.41, 5.74) is 1.15. The van der Waals surface area contributed by atoms with Crippen molar-refractivity contribution in [2.24, 2.45) is 5.92 Å². The van der Waals surface area contributed by atoms with Crippen LogP contribution >= 0.6 is 0 Å². The van der Waals surface area contributed by atoms with Gasteiger partial charge < -0.3 is 10.2 Å². The topological polar surface area (TPSA) is 41.1 Å². The predicted octanol–water partition coefficient (Wildman–Crippen LogP) is 2.84. The van der Waals surface area contributed by atoms with Gasteiger partial charge >= 0.3 is 0 Å². The molecule has 0 bridgehead atoms. The number of aryl methyl sites for hydroxylation is 1. The molecule has 0 saturated heterocycles. The number of rotatable bonds is 6. The lowest BCUT2D eigenvalue weighted by Gasteiger charge is -2.31. The van der Waals surface area contributed by atoms with E-state index in [1.165, 1.54) is 19.3 Å². The Labute approximate surface area is 110 Å². The Morgan fingerprint density at radius 3 is 2.83 bits per heavy atom. The van der Waals surface area contributed by atoms with Gasteiger partial charge in [0.15, 0.2) is 0 Å². The Bertz CT molecular complexity index is 387. The minimum atomic E-state index is 0.748. The second kappa shape index (κ2) is 6.03. The van der Waals surface area contributed by atoms with Crippen molar-refractivity contribution in [3.8, 4) is 0 Å². The van der Waals surface area contributed by atoms with Crippen LogP contribution in [0.4, 0.5) is 11.8 Å². The first-order chi connectivity index (χ1) is 8.70. The van der Waals surface area contributed by atoms with E-state index in [9.17, 15) is 0 Å². The highest BCUT2D eigenvalue weighted by Gasteiger charge is 2.20. The first kappa shape index (κ1) is 13.1. The highest BCUT2D eigenvalue weighted by molar-refractivity contribution is 5.48. The van der Waals surface area contributed by atoms with Crippen LogP contribution in [0.25, 0.3) is 0 Å². The maximum atomic E-state index is 4.62. The summed E-state index contributed by atoms with van der Waals surface area (Å²) in [6, 6.07) is 0. The van der Waals surface area contributed by atoms with E-state index in [4.69, 9.17) is 0 Å². The van der Waals surface area contributed by atoms with E-state index in [1.54, 1.807) is 0 Å². The van der Waals surface area contributed by atoms with Crippen molar-refractivity contribution in [1.29, 1.82) is 0 Å². The SMILES string of the molecule is CCCNc1ncc(C)c(N(C)CC2CCC2)n1. The molecule has 0 aromatic carbocycles. The molecule has 1 saturated carbocycles. The molecule has 0 aliphatic heterocycles. The van der Waals surface area contributed by atoms with E-state index < -0.39 is 0 Å². The smallest absolute Gasteiger partial charge is 0.224 e. The molecule has 1 aromatic heterocycles. The lowest BCUT2D eigenvalue weighted by atomic mass is 9.85. The van der Waals surface area contributed by atoms with Crippen LogP contribution in [0.3, 0.4) is 0 Å². The molecule has 1 fully saturated rings. The van der Waals surface area contributed by atoms with Gasteiger partial charge in [-0.3, -0.25) is 0 Å². The molecule has 0 spiro atoms. The molecular weight excluding hydrogens is 224 g/mol. The number of hydrogen-bond donors (Lipinski definition) is 1. The van der Waals surface area contributed by atoms with Crippen molar-refractivity contribution >= 4 is 11.8 Å². The van der Waals surface area contributed by atoms with Gasteiger partial charge in [0.2, 0.25) is 5.95 Å². The Morgan fingerprint density at radius 2 is 2.22 bits per heavy atom. The van der Waals surface area contributed by atoms with E-state index in [-0.39, 0.29) is 0 Å². The van der Waals surface area contributed by atoms with Gasteiger partial charge in [-0.05, 0) is 32.1 Å². The molecule has 1 N–H and O–H groups in total. The summed E-state index contributed by atoms with van der Waals surface area (Å²) in [4.78, 5) is 11.2. The molecule has 4 nitrogen and oxygen atoms in total. The summed E-state index contributed by atoms with van der Waals surface area (Å²) in [7, 11) is 2.14. The van der Waals surface area contributed by atoms with E-state index in [1.807, 2.05) is 6.20 Å². The largest absolute Gasteiger partial charge is 0.359 e. The Kier molecular flexibility index (Phi) is 4.39. The highest BCUT2D eigenvalue weighted by Crippen LogP contribution is 2.28. The van der Waals surface area contributed by atoms with Crippen molar-refractivity contribution in [3.05, 3.63) is 11.8 Å². The zero-order valence-corrected chi connectivity index (χ0v) is 11.7. The second-order valence-corrected chi connectivity index (χ2v) is 5.30. The van der Waals surface area contributed by atoms with Gasteiger partial charge in [-0.1, -0.05) is 13.3 Å². The third-order valence-corrected chi connectivity index (χ3v) is 3.60. The highest BCUT2D eigenvalue weighted by atomic mass is 15.2. The normalized spacial score (nSPS) is 15.3.